The van der Waals surface area contributed by atoms with Gasteiger partial charge < -0.3 is 25.8 Å². The Morgan fingerprint density at radius 1 is 1.17 bits per heavy atom. The van der Waals surface area contributed by atoms with Crippen molar-refractivity contribution in [3.63, 3.8) is 0 Å². The number of nitrogens with one attached hydrogen (secondary N) is 3. The monoisotopic (exact) mass is 413 g/mol. The Balaban J connectivity index is 1.72. The smallest absolute Gasteiger partial charge is 0.162 e. The zero-order valence-corrected chi connectivity index (χ0v) is 16.4. The van der Waals surface area contributed by atoms with Crippen molar-refractivity contribution in [1.82, 2.24) is 24.9 Å². The van der Waals surface area contributed by atoms with Crippen molar-refractivity contribution in [2.24, 2.45) is 0 Å². The minimum absolute atomic E-state index is 0.149. The van der Waals surface area contributed by atoms with Crippen molar-refractivity contribution < 1.29 is 10.2 Å². The molecule has 150 valence electrons. The highest BCUT2D eigenvalue weighted by atomic mass is 35.5. The van der Waals surface area contributed by atoms with E-state index in [9.17, 15) is 5.11 Å². The molecule has 0 saturated heterocycles. The molecule has 0 bridgehead atoms. The summed E-state index contributed by atoms with van der Waals surface area (Å²) in [5, 5.41) is 26.7. The second-order valence-corrected chi connectivity index (χ2v) is 7.05. The maximum atomic E-state index is 9.74. The molecular formula is C19H20ClN7O2. The summed E-state index contributed by atoms with van der Waals surface area (Å²) in [6.07, 6.45) is 2.13. The molecule has 3 heterocycles. The van der Waals surface area contributed by atoms with Gasteiger partial charge in [0.25, 0.3) is 0 Å². The van der Waals surface area contributed by atoms with Crippen LogP contribution in [0.4, 0.5) is 11.6 Å². The lowest BCUT2D eigenvalue weighted by molar-refractivity contribution is 0.105. The molecule has 0 amide bonds. The minimum atomic E-state index is -0.902. The molecule has 2 atom stereocenters. The number of pyridine rings is 1. The highest BCUT2D eigenvalue weighted by Gasteiger charge is 2.18. The first kappa shape index (κ1) is 19.3. The van der Waals surface area contributed by atoms with Crippen molar-refractivity contribution >= 4 is 45.3 Å². The molecular weight excluding hydrogens is 394 g/mol. The summed E-state index contributed by atoms with van der Waals surface area (Å²) in [6.45, 7) is 1.78. The molecule has 1 aromatic carbocycles. The number of H-pyrrole nitrogens is 1. The summed E-state index contributed by atoms with van der Waals surface area (Å²) in [5.74, 6) is 1.15. The summed E-state index contributed by atoms with van der Waals surface area (Å²) in [5.41, 5.74) is 2.79. The molecule has 0 aliphatic carbocycles. The van der Waals surface area contributed by atoms with Crippen LogP contribution in [0.3, 0.4) is 0 Å². The summed E-state index contributed by atoms with van der Waals surface area (Å²) in [4.78, 5) is 20.3. The summed E-state index contributed by atoms with van der Waals surface area (Å²) in [6, 6.07) is 7.37. The van der Waals surface area contributed by atoms with Gasteiger partial charge >= 0.3 is 0 Å². The molecule has 29 heavy (non-hydrogen) atoms. The Kier molecular flexibility index (Phi) is 5.43. The van der Waals surface area contributed by atoms with Crippen LogP contribution in [-0.4, -0.2) is 54.4 Å². The van der Waals surface area contributed by atoms with Crippen molar-refractivity contribution in [2.75, 3.05) is 23.8 Å². The summed E-state index contributed by atoms with van der Waals surface area (Å²) < 4.78 is 0. The Bertz CT molecular complexity index is 1150. The van der Waals surface area contributed by atoms with E-state index in [2.05, 4.69) is 35.6 Å². The highest BCUT2D eigenvalue weighted by molar-refractivity contribution is 6.35. The predicted molar refractivity (Wildman–Crippen MR) is 112 cm³/mol. The standard InChI is InChI=1S/C19H20ClN7O2/c1-10(26-19-16-18(23-8-22-16)24-9-25-19)13-5-11-3-2-4-14(20)15(11)27-17(13)21-6-12(29)7-28/h2-5,8-10,12,28-29H,6-7H2,1H3,(H,21,27)(H2,22,23,24,25,26)/t10-,12-/m0/s1. The third kappa shape index (κ3) is 3.93. The van der Waals surface area contributed by atoms with Crippen LogP contribution in [0.15, 0.2) is 36.9 Å². The summed E-state index contributed by atoms with van der Waals surface area (Å²) >= 11 is 6.31. The molecule has 10 heteroatoms. The van der Waals surface area contributed by atoms with Gasteiger partial charge in [0.15, 0.2) is 11.5 Å². The Morgan fingerprint density at radius 3 is 2.86 bits per heavy atom. The molecule has 0 fully saturated rings. The number of hydrogen-bond donors (Lipinski definition) is 5. The van der Waals surface area contributed by atoms with Gasteiger partial charge in [-0.2, -0.15) is 0 Å². The number of hydrogen-bond acceptors (Lipinski definition) is 8. The van der Waals surface area contributed by atoms with Crippen molar-refractivity contribution in [3.05, 3.63) is 47.5 Å². The van der Waals surface area contributed by atoms with Gasteiger partial charge in [-0.25, -0.2) is 19.9 Å². The zero-order chi connectivity index (χ0) is 20.4. The van der Waals surface area contributed by atoms with Crippen LogP contribution in [0.1, 0.15) is 18.5 Å². The topological polar surface area (TPSA) is 132 Å². The van der Waals surface area contributed by atoms with Gasteiger partial charge in [-0.3, -0.25) is 0 Å². The second-order valence-electron chi connectivity index (χ2n) is 6.64. The zero-order valence-electron chi connectivity index (χ0n) is 15.6. The molecule has 0 spiro atoms. The van der Waals surface area contributed by atoms with Gasteiger partial charge in [0, 0.05) is 17.5 Å². The Labute approximate surface area is 171 Å². The number of imidazole rings is 1. The van der Waals surface area contributed by atoms with Crippen molar-refractivity contribution in [1.29, 1.82) is 0 Å². The predicted octanol–water partition coefficient (Wildman–Crippen LogP) is 2.49. The number of halogens is 1. The number of aliphatic hydroxyl groups is 2. The van der Waals surface area contributed by atoms with Gasteiger partial charge in [0.2, 0.25) is 0 Å². The van der Waals surface area contributed by atoms with E-state index in [1.165, 1.54) is 6.33 Å². The lowest BCUT2D eigenvalue weighted by atomic mass is 10.1. The molecule has 5 N–H and O–H groups in total. The van der Waals surface area contributed by atoms with Gasteiger partial charge in [-0.05, 0) is 19.1 Å². The van der Waals surface area contributed by atoms with Gasteiger partial charge in [-0.1, -0.05) is 23.7 Å². The largest absolute Gasteiger partial charge is 0.394 e. The van der Waals surface area contributed by atoms with E-state index in [0.717, 1.165) is 10.9 Å². The Morgan fingerprint density at radius 2 is 2.03 bits per heavy atom. The molecule has 4 rings (SSSR count). The van der Waals surface area contributed by atoms with Gasteiger partial charge in [-0.15, -0.1) is 0 Å². The average Bonchev–Trinajstić information content (AvgIpc) is 3.21. The minimum Gasteiger partial charge on any atom is -0.394 e. The number of aliphatic hydroxyl groups excluding tert-OH is 2. The highest BCUT2D eigenvalue weighted by Crippen LogP contribution is 2.31. The SMILES string of the molecule is C[C@H](Nc1ncnc2[nH]cnc12)c1cc2cccc(Cl)c2nc1NC[C@H](O)CO. The number of nitrogens with zero attached hydrogens (tertiary/aromatic N) is 4. The first-order valence-electron chi connectivity index (χ1n) is 9.09. The maximum absolute atomic E-state index is 9.74. The fraction of sp³-hybridized carbons (Fsp3) is 0.263. The molecule has 0 aliphatic rings. The van der Waals surface area contributed by atoms with E-state index in [1.54, 1.807) is 12.4 Å². The van der Waals surface area contributed by atoms with E-state index in [-0.39, 0.29) is 19.2 Å². The number of rotatable bonds is 7. The van der Waals surface area contributed by atoms with Crippen molar-refractivity contribution in [2.45, 2.75) is 19.1 Å². The second kappa shape index (κ2) is 8.16. The molecule has 0 aliphatic heterocycles. The molecule has 3 aromatic heterocycles. The normalized spacial score (nSPS) is 13.5. The third-order valence-corrected chi connectivity index (χ3v) is 4.88. The average molecular weight is 414 g/mol. The van der Waals surface area contributed by atoms with Crippen LogP contribution in [0.5, 0.6) is 0 Å². The van der Waals surface area contributed by atoms with E-state index < -0.39 is 6.10 Å². The lowest BCUT2D eigenvalue weighted by Gasteiger charge is -2.20. The van der Waals surface area contributed by atoms with Crippen LogP contribution in [0.2, 0.25) is 5.02 Å². The van der Waals surface area contributed by atoms with Crippen LogP contribution >= 0.6 is 11.6 Å². The number of benzene rings is 1. The quantitative estimate of drug-likeness (QED) is 0.312. The van der Waals surface area contributed by atoms with Gasteiger partial charge in [0.05, 0.1) is 35.6 Å². The lowest BCUT2D eigenvalue weighted by Crippen LogP contribution is -2.24. The number of aromatic amines is 1. The molecule has 9 nitrogen and oxygen atoms in total. The van der Waals surface area contributed by atoms with Crippen LogP contribution in [-0.2, 0) is 0 Å². The fourth-order valence-electron chi connectivity index (χ4n) is 3.08. The first-order valence-corrected chi connectivity index (χ1v) is 9.47. The van der Waals surface area contributed by atoms with E-state index in [1.807, 2.05) is 25.1 Å². The van der Waals surface area contributed by atoms with Gasteiger partial charge in [0.1, 0.15) is 17.7 Å². The fourth-order valence-corrected chi connectivity index (χ4v) is 3.31. The number of aromatic nitrogens is 5. The van der Waals surface area contributed by atoms with Crippen LogP contribution < -0.4 is 10.6 Å². The molecule has 0 unspecified atom stereocenters. The summed E-state index contributed by atoms with van der Waals surface area (Å²) in [7, 11) is 0. The molecule has 0 saturated carbocycles. The van der Waals surface area contributed by atoms with E-state index >= 15 is 0 Å². The number of para-hydroxylation sites is 1. The maximum Gasteiger partial charge on any atom is 0.162 e. The number of anilines is 2. The third-order valence-electron chi connectivity index (χ3n) is 4.58. The first-order chi connectivity index (χ1) is 14.1. The molecule has 0 radical (unpaired) electrons. The van der Waals surface area contributed by atoms with Crippen LogP contribution in [0, 0.1) is 0 Å². The van der Waals surface area contributed by atoms with Crippen LogP contribution in [0.25, 0.3) is 22.1 Å². The molecule has 4 aromatic rings. The Hall–Kier alpha value is -3.01. The van der Waals surface area contributed by atoms with E-state index in [4.69, 9.17) is 16.7 Å². The van der Waals surface area contributed by atoms with Crippen molar-refractivity contribution in [3.8, 4) is 0 Å². The van der Waals surface area contributed by atoms with E-state index in [0.29, 0.717) is 33.3 Å². The number of fused-ring (bicyclic) bond motifs is 2.